The second kappa shape index (κ2) is 8.68. The molecule has 0 radical (unpaired) electrons. The van der Waals surface area contributed by atoms with Crippen LogP contribution < -0.4 is 10.1 Å². The number of thioether (sulfide) groups is 1. The zero-order chi connectivity index (χ0) is 17.5. The fraction of sp³-hybridized carbons (Fsp3) is 0.235. The van der Waals surface area contributed by atoms with Gasteiger partial charge in [-0.05, 0) is 30.0 Å². The highest BCUT2D eigenvalue weighted by atomic mass is 32.2. The summed E-state index contributed by atoms with van der Waals surface area (Å²) in [5.74, 6) is 1.04. The molecule has 6 nitrogen and oxygen atoms in total. The predicted octanol–water partition coefficient (Wildman–Crippen LogP) is 2.79. The van der Waals surface area contributed by atoms with Gasteiger partial charge in [-0.3, -0.25) is 9.36 Å². The van der Waals surface area contributed by atoms with E-state index in [-0.39, 0.29) is 5.91 Å². The summed E-state index contributed by atoms with van der Waals surface area (Å²) >= 11 is 3.06. The minimum atomic E-state index is -0.0123. The van der Waals surface area contributed by atoms with Gasteiger partial charge in [0.05, 0.1) is 18.6 Å². The highest BCUT2D eigenvalue weighted by molar-refractivity contribution is 7.99. The number of carbonyl (C=O) groups is 1. The number of nitrogens with zero attached hydrogens (tertiary/aromatic N) is 3. The van der Waals surface area contributed by atoms with Crippen molar-refractivity contribution in [1.29, 1.82) is 0 Å². The number of rotatable bonds is 8. The van der Waals surface area contributed by atoms with Gasteiger partial charge in [-0.2, -0.15) is 0 Å². The zero-order valence-corrected chi connectivity index (χ0v) is 15.3. The van der Waals surface area contributed by atoms with E-state index in [1.54, 1.807) is 24.8 Å². The number of aromatic nitrogens is 3. The average molecular weight is 374 g/mol. The quantitative estimate of drug-likeness (QED) is 0.614. The van der Waals surface area contributed by atoms with Gasteiger partial charge < -0.3 is 10.1 Å². The van der Waals surface area contributed by atoms with Crippen molar-refractivity contribution >= 4 is 29.0 Å². The van der Waals surface area contributed by atoms with Crippen LogP contribution in [-0.4, -0.2) is 40.1 Å². The zero-order valence-electron chi connectivity index (χ0n) is 13.7. The van der Waals surface area contributed by atoms with Gasteiger partial charge in [0.1, 0.15) is 12.1 Å². The minimum absolute atomic E-state index is 0.0123. The molecule has 130 valence electrons. The molecule has 0 aliphatic carbocycles. The molecular formula is C17H18N4O2S2. The second-order valence-electron chi connectivity index (χ2n) is 5.15. The topological polar surface area (TPSA) is 69.0 Å². The molecule has 0 bridgehead atoms. The maximum absolute atomic E-state index is 12.0. The molecule has 0 aliphatic rings. The Morgan fingerprint density at radius 3 is 3.08 bits per heavy atom. The fourth-order valence-electron chi connectivity index (χ4n) is 2.22. The van der Waals surface area contributed by atoms with Crippen LogP contribution in [0.25, 0.3) is 5.69 Å². The van der Waals surface area contributed by atoms with Gasteiger partial charge in [0.2, 0.25) is 5.91 Å². The van der Waals surface area contributed by atoms with E-state index in [1.165, 1.54) is 16.6 Å². The summed E-state index contributed by atoms with van der Waals surface area (Å²) in [6.07, 6.45) is 2.49. The first kappa shape index (κ1) is 17.5. The lowest BCUT2D eigenvalue weighted by Gasteiger charge is -2.08. The fourth-order valence-corrected chi connectivity index (χ4v) is 3.69. The van der Waals surface area contributed by atoms with Crippen molar-refractivity contribution < 1.29 is 9.53 Å². The molecule has 0 spiro atoms. The van der Waals surface area contributed by atoms with Crippen LogP contribution >= 0.6 is 23.1 Å². The maximum atomic E-state index is 12.0. The molecule has 0 unspecified atom stereocenters. The largest absolute Gasteiger partial charge is 0.497 e. The Morgan fingerprint density at radius 1 is 1.36 bits per heavy atom. The number of benzene rings is 1. The Bertz CT molecular complexity index is 818. The molecule has 3 aromatic rings. The number of amides is 1. The van der Waals surface area contributed by atoms with E-state index < -0.39 is 0 Å². The number of nitrogens with one attached hydrogen (secondary N) is 1. The smallest absolute Gasteiger partial charge is 0.230 e. The summed E-state index contributed by atoms with van der Waals surface area (Å²) in [6.45, 7) is 0.641. The van der Waals surface area contributed by atoms with Gasteiger partial charge in [0.25, 0.3) is 0 Å². The third-order valence-electron chi connectivity index (χ3n) is 3.45. The van der Waals surface area contributed by atoms with Gasteiger partial charge in [0.15, 0.2) is 5.16 Å². The summed E-state index contributed by atoms with van der Waals surface area (Å²) in [4.78, 5) is 13.3. The van der Waals surface area contributed by atoms with Crippen LogP contribution in [0.15, 0.2) is 53.3 Å². The molecule has 1 amide bonds. The number of carbonyl (C=O) groups excluding carboxylic acids is 1. The Kier molecular flexibility index (Phi) is 6.08. The van der Waals surface area contributed by atoms with E-state index in [0.29, 0.717) is 17.5 Å². The first-order valence-electron chi connectivity index (χ1n) is 7.72. The third kappa shape index (κ3) is 4.83. The van der Waals surface area contributed by atoms with Crippen molar-refractivity contribution in [3.8, 4) is 11.4 Å². The van der Waals surface area contributed by atoms with Crippen molar-refractivity contribution in [3.05, 3.63) is 53.0 Å². The van der Waals surface area contributed by atoms with E-state index in [4.69, 9.17) is 4.74 Å². The van der Waals surface area contributed by atoms with E-state index in [2.05, 4.69) is 21.6 Å². The van der Waals surface area contributed by atoms with Crippen LogP contribution in [0.5, 0.6) is 5.75 Å². The highest BCUT2D eigenvalue weighted by Crippen LogP contribution is 2.22. The van der Waals surface area contributed by atoms with E-state index in [9.17, 15) is 4.79 Å². The number of hydrogen-bond acceptors (Lipinski definition) is 6. The maximum Gasteiger partial charge on any atom is 0.230 e. The molecule has 1 N–H and O–H groups in total. The van der Waals surface area contributed by atoms with Crippen LogP contribution in [0.2, 0.25) is 0 Å². The molecule has 25 heavy (non-hydrogen) atoms. The minimum Gasteiger partial charge on any atom is -0.497 e. The van der Waals surface area contributed by atoms with Gasteiger partial charge in [-0.1, -0.05) is 23.9 Å². The second-order valence-corrected chi connectivity index (χ2v) is 7.13. The van der Waals surface area contributed by atoms with Gasteiger partial charge in [-0.15, -0.1) is 21.5 Å². The molecule has 0 saturated heterocycles. The number of hydrogen-bond donors (Lipinski definition) is 1. The first-order chi connectivity index (χ1) is 12.3. The molecule has 0 fully saturated rings. The lowest BCUT2D eigenvalue weighted by Crippen LogP contribution is -2.27. The SMILES string of the molecule is COc1cccc(-n2cnnc2SCC(=O)NCCc2cccs2)c1. The molecule has 0 saturated carbocycles. The third-order valence-corrected chi connectivity index (χ3v) is 5.33. The number of thiophene rings is 1. The standard InChI is InChI=1S/C17H18N4O2S2/c1-23-14-5-2-4-13(10-14)21-12-19-20-17(21)25-11-16(22)18-8-7-15-6-3-9-24-15/h2-6,9-10,12H,7-8,11H2,1H3,(H,18,22). The van der Waals surface area contributed by atoms with Crippen LogP contribution in [0.3, 0.4) is 0 Å². The molecule has 0 aliphatic heterocycles. The van der Waals surface area contributed by atoms with Crippen molar-refractivity contribution in [2.24, 2.45) is 0 Å². The summed E-state index contributed by atoms with van der Waals surface area (Å²) in [7, 11) is 1.63. The average Bonchev–Trinajstić information content (AvgIpc) is 3.31. The highest BCUT2D eigenvalue weighted by Gasteiger charge is 2.10. The summed E-state index contributed by atoms with van der Waals surface area (Å²) < 4.78 is 7.08. The molecule has 8 heteroatoms. The summed E-state index contributed by atoms with van der Waals surface area (Å²) in [5, 5.41) is 13.7. The number of methoxy groups -OCH3 is 1. The molecule has 1 aromatic carbocycles. The van der Waals surface area contributed by atoms with Crippen LogP contribution in [0.1, 0.15) is 4.88 Å². The van der Waals surface area contributed by atoms with Crippen molar-refractivity contribution in [1.82, 2.24) is 20.1 Å². The summed E-state index contributed by atoms with van der Waals surface area (Å²) in [6, 6.07) is 11.7. The lowest BCUT2D eigenvalue weighted by atomic mass is 10.3. The van der Waals surface area contributed by atoms with E-state index >= 15 is 0 Å². The lowest BCUT2D eigenvalue weighted by molar-refractivity contribution is -0.118. The predicted molar refractivity (Wildman–Crippen MR) is 99.7 cm³/mol. The monoisotopic (exact) mass is 374 g/mol. The molecule has 0 atom stereocenters. The summed E-state index contributed by atoms with van der Waals surface area (Å²) in [5.41, 5.74) is 0.893. The number of ether oxygens (including phenoxy) is 1. The molecule has 2 heterocycles. The van der Waals surface area contributed by atoms with E-state index in [1.807, 2.05) is 40.3 Å². The van der Waals surface area contributed by atoms with E-state index in [0.717, 1.165) is 17.9 Å². The Labute approximate surface area is 154 Å². The van der Waals surface area contributed by atoms with Crippen LogP contribution in [0.4, 0.5) is 0 Å². The normalized spacial score (nSPS) is 10.6. The Hall–Kier alpha value is -2.32. The van der Waals surface area contributed by atoms with Gasteiger partial charge >= 0.3 is 0 Å². The van der Waals surface area contributed by atoms with Gasteiger partial charge in [-0.25, -0.2) is 0 Å². The Morgan fingerprint density at radius 2 is 2.28 bits per heavy atom. The van der Waals surface area contributed by atoms with Crippen LogP contribution in [-0.2, 0) is 11.2 Å². The van der Waals surface area contributed by atoms with Crippen molar-refractivity contribution in [2.45, 2.75) is 11.6 Å². The van der Waals surface area contributed by atoms with Crippen molar-refractivity contribution in [2.75, 3.05) is 19.4 Å². The Balaban J connectivity index is 1.53. The molecule has 3 rings (SSSR count). The first-order valence-corrected chi connectivity index (χ1v) is 9.59. The van der Waals surface area contributed by atoms with Gasteiger partial charge in [0, 0.05) is 17.5 Å². The van der Waals surface area contributed by atoms with Crippen molar-refractivity contribution in [3.63, 3.8) is 0 Å². The molecular weight excluding hydrogens is 356 g/mol. The van der Waals surface area contributed by atoms with Crippen LogP contribution in [0, 0.1) is 0 Å². The molecule has 2 aromatic heterocycles.